The van der Waals surface area contributed by atoms with E-state index in [2.05, 4.69) is 13.5 Å². The van der Waals surface area contributed by atoms with Crippen LogP contribution < -0.4 is 13.3 Å². The molecule has 0 saturated carbocycles. The van der Waals surface area contributed by atoms with Crippen LogP contribution in [0, 0.1) is 0 Å². The summed E-state index contributed by atoms with van der Waals surface area (Å²) in [6, 6.07) is 29.1. The molecule has 1 atom stereocenters. The molecule has 3 aromatic carbocycles. The molecule has 3 aromatic rings. The van der Waals surface area contributed by atoms with E-state index in [1.165, 1.54) is 0 Å². The average Bonchev–Trinajstić information content (AvgIpc) is 2.74. The van der Waals surface area contributed by atoms with Crippen molar-refractivity contribution in [2.24, 2.45) is 0 Å². The van der Waals surface area contributed by atoms with E-state index in [1.807, 2.05) is 96.4 Å². The van der Waals surface area contributed by atoms with Crippen LogP contribution in [0.4, 0.5) is 0 Å². The third-order valence-electron chi connectivity index (χ3n) is 4.04. The number of hydrogen-bond donors (Lipinski definition) is 0. The maximum absolute atomic E-state index is 6.54. The third kappa shape index (κ3) is 5.21. The zero-order valence-electron chi connectivity index (χ0n) is 15.9. The van der Waals surface area contributed by atoms with Gasteiger partial charge >= 0.3 is 8.80 Å². The lowest BCUT2D eigenvalue weighted by atomic mass is 10.3. The highest BCUT2D eigenvalue weighted by Crippen LogP contribution is 2.33. The van der Waals surface area contributed by atoms with Crippen molar-refractivity contribution in [2.75, 3.05) is 0 Å². The van der Waals surface area contributed by atoms with E-state index in [4.69, 9.17) is 13.3 Å². The molecule has 0 aliphatic carbocycles. The van der Waals surface area contributed by atoms with Crippen molar-refractivity contribution in [1.82, 2.24) is 0 Å². The van der Waals surface area contributed by atoms with Crippen molar-refractivity contribution in [3.8, 4) is 17.2 Å². The molecule has 0 aromatic heterocycles. The summed E-state index contributed by atoms with van der Waals surface area (Å²) in [5.74, 6) is 2.18. The van der Waals surface area contributed by atoms with Crippen LogP contribution in [0.15, 0.2) is 103 Å². The predicted octanol–water partition coefficient (Wildman–Crippen LogP) is 6.36. The molecule has 3 rings (SSSR count). The molecule has 0 spiro atoms. The molecule has 0 amide bonds. The Kier molecular flexibility index (Phi) is 7.23. The molecule has 5 heteroatoms. The van der Waals surface area contributed by atoms with Crippen LogP contribution in [0.25, 0.3) is 0 Å². The molecule has 0 heterocycles. The summed E-state index contributed by atoms with van der Waals surface area (Å²) in [6.07, 6.45) is 0.815. The van der Waals surface area contributed by atoms with Crippen LogP contribution in [0.2, 0.25) is 0 Å². The Balaban J connectivity index is 2.06. The minimum Gasteiger partial charge on any atom is -0.483 e. The van der Waals surface area contributed by atoms with Gasteiger partial charge in [-0.1, -0.05) is 68.1 Å². The Morgan fingerprint density at radius 2 is 1.11 bits per heavy atom. The first-order valence-corrected chi connectivity index (χ1v) is 12.0. The van der Waals surface area contributed by atoms with E-state index in [0.717, 1.165) is 23.7 Å². The van der Waals surface area contributed by atoms with Crippen molar-refractivity contribution in [2.45, 2.75) is 18.2 Å². The Morgan fingerprint density at radius 3 is 1.39 bits per heavy atom. The minimum atomic E-state index is -3.28. The molecule has 0 N–H and O–H groups in total. The van der Waals surface area contributed by atoms with Crippen LogP contribution in [0.1, 0.15) is 13.3 Å². The monoisotopic (exact) mass is 408 g/mol. The summed E-state index contributed by atoms with van der Waals surface area (Å²) < 4.78 is 19.6. The third-order valence-corrected chi connectivity index (χ3v) is 8.92. The fourth-order valence-corrected chi connectivity index (χ4v) is 6.99. The predicted molar refractivity (Wildman–Crippen MR) is 119 cm³/mol. The molecule has 0 fully saturated rings. The van der Waals surface area contributed by atoms with Crippen molar-refractivity contribution in [1.29, 1.82) is 0 Å². The zero-order valence-corrected chi connectivity index (χ0v) is 17.7. The highest BCUT2D eigenvalue weighted by Gasteiger charge is 2.57. The molecule has 3 nitrogen and oxygen atoms in total. The second-order valence-electron chi connectivity index (χ2n) is 6.05. The van der Waals surface area contributed by atoms with Gasteiger partial charge in [-0.15, -0.1) is 11.8 Å². The van der Waals surface area contributed by atoms with Gasteiger partial charge in [-0.05, 0) is 48.2 Å². The Labute approximate surface area is 172 Å². The van der Waals surface area contributed by atoms with Gasteiger partial charge in [-0.25, -0.2) is 0 Å². The van der Waals surface area contributed by atoms with Gasteiger partial charge in [0.25, 0.3) is 0 Å². The van der Waals surface area contributed by atoms with Crippen LogP contribution in [-0.2, 0) is 0 Å². The largest absolute Gasteiger partial charge is 0.713 e. The molecule has 1 unspecified atom stereocenters. The summed E-state index contributed by atoms with van der Waals surface area (Å²) in [6.45, 7) is 6.01. The summed E-state index contributed by atoms with van der Waals surface area (Å²) in [7, 11) is -3.28. The highest BCUT2D eigenvalue weighted by molar-refractivity contribution is 8.04. The molecular weight excluding hydrogens is 384 g/mol. The molecule has 0 aliphatic rings. The molecule has 144 valence electrons. The average molecular weight is 409 g/mol. The fraction of sp³-hybridized carbons (Fsp3) is 0.130. The first-order valence-electron chi connectivity index (χ1n) is 9.24. The van der Waals surface area contributed by atoms with Crippen LogP contribution in [-0.4, -0.2) is 13.7 Å². The van der Waals surface area contributed by atoms with Gasteiger partial charge in [0.1, 0.15) is 22.1 Å². The summed E-state index contributed by atoms with van der Waals surface area (Å²) >= 11 is 1.59. The number of rotatable bonds is 10. The first-order chi connectivity index (χ1) is 13.8. The number of para-hydroxylation sites is 3. The summed E-state index contributed by atoms with van der Waals surface area (Å²) in [4.78, 5) is -0.0226. The summed E-state index contributed by atoms with van der Waals surface area (Å²) in [5.41, 5.74) is 0. The summed E-state index contributed by atoms with van der Waals surface area (Å²) in [5, 5.41) is 1.83. The van der Waals surface area contributed by atoms with Gasteiger partial charge in [0, 0.05) is 0 Å². The number of hydrogen-bond acceptors (Lipinski definition) is 4. The van der Waals surface area contributed by atoms with Crippen molar-refractivity contribution in [3.63, 3.8) is 0 Å². The van der Waals surface area contributed by atoms with E-state index in [0.29, 0.717) is 0 Å². The SMILES string of the molecule is C=CSC(CC)[Si](Oc1ccccc1)(Oc1ccccc1)Oc1ccccc1. The van der Waals surface area contributed by atoms with Crippen LogP contribution >= 0.6 is 11.8 Å². The molecule has 0 bridgehead atoms. The Morgan fingerprint density at radius 1 is 0.750 bits per heavy atom. The lowest BCUT2D eigenvalue weighted by molar-refractivity contribution is 0.257. The normalized spacial score (nSPS) is 12.0. The number of benzene rings is 3. The van der Waals surface area contributed by atoms with Gasteiger partial charge in [-0.3, -0.25) is 0 Å². The van der Waals surface area contributed by atoms with Crippen molar-refractivity contribution in [3.05, 3.63) is 103 Å². The molecule has 28 heavy (non-hydrogen) atoms. The van der Waals surface area contributed by atoms with Crippen LogP contribution in [0.3, 0.4) is 0 Å². The minimum absolute atomic E-state index is 0.0226. The van der Waals surface area contributed by atoms with E-state index in [-0.39, 0.29) is 4.87 Å². The van der Waals surface area contributed by atoms with Gasteiger partial charge in [0.15, 0.2) is 0 Å². The van der Waals surface area contributed by atoms with Crippen LogP contribution in [0.5, 0.6) is 17.2 Å². The topological polar surface area (TPSA) is 27.7 Å². The van der Waals surface area contributed by atoms with Crippen molar-refractivity contribution < 1.29 is 13.3 Å². The molecule has 0 aliphatic heterocycles. The quantitative estimate of drug-likeness (QED) is 0.365. The van der Waals surface area contributed by atoms with Gasteiger partial charge in [-0.2, -0.15) is 0 Å². The van der Waals surface area contributed by atoms with Gasteiger partial charge < -0.3 is 13.3 Å². The zero-order chi connectivity index (χ0) is 19.7. The lowest BCUT2D eigenvalue weighted by Gasteiger charge is -2.34. The molecular formula is C23H24O3SSi. The smallest absolute Gasteiger partial charge is 0.483 e. The fourth-order valence-electron chi connectivity index (χ4n) is 2.76. The van der Waals surface area contributed by atoms with E-state index in [1.54, 1.807) is 11.8 Å². The second kappa shape index (κ2) is 10.1. The van der Waals surface area contributed by atoms with Gasteiger partial charge in [0.05, 0.1) is 0 Å². The first kappa shape index (κ1) is 20.1. The van der Waals surface area contributed by atoms with E-state index < -0.39 is 8.80 Å². The van der Waals surface area contributed by atoms with E-state index in [9.17, 15) is 0 Å². The lowest BCUT2D eigenvalue weighted by Crippen LogP contribution is -2.62. The van der Waals surface area contributed by atoms with Gasteiger partial charge in [0.2, 0.25) is 0 Å². The second-order valence-corrected chi connectivity index (χ2v) is 10.2. The van der Waals surface area contributed by atoms with Crippen molar-refractivity contribution >= 4 is 20.6 Å². The molecule has 0 radical (unpaired) electrons. The Hall–Kier alpha value is -2.63. The Bertz CT molecular complexity index is 742. The number of thioether (sulfide) groups is 1. The highest BCUT2D eigenvalue weighted by atomic mass is 32.2. The maximum atomic E-state index is 6.54. The standard InChI is InChI=1S/C23H24O3SSi/c1-3-23(27-4-2)28(24-20-14-8-5-9-15-20,25-21-16-10-6-11-17-21)26-22-18-12-7-13-19-22/h4-19,23H,2-3H2,1H3. The van der Waals surface area contributed by atoms with E-state index >= 15 is 0 Å². The molecule has 0 saturated heterocycles. The maximum Gasteiger partial charge on any atom is 0.713 e.